The molecule has 6 heteroatoms. The predicted molar refractivity (Wildman–Crippen MR) is 78.6 cm³/mol. The normalized spacial score (nSPS) is 13.9. The molecule has 2 N–H and O–H groups in total. The highest BCUT2D eigenvalue weighted by Crippen LogP contribution is 2.36. The van der Waals surface area contributed by atoms with Gasteiger partial charge in [-0.15, -0.1) is 0 Å². The Morgan fingerprint density at radius 3 is 2.55 bits per heavy atom. The molecule has 1 atom stereocenters. The number of hydrogen-bond donors (Lipinski definition) is 3. The van der Waals surface area contributed by atoms with E-state index in [2.05, 4.69) is 17.6 Å². The zero-order valence-corrected chi connectivity index (χ0v) is 12.2. The second kappa shape index (κ2) is 5.66. The number of aromatic nitrogens is 1. The minimum atomic E-state index is -0.733. The van der Waals surface area contributed by atoms with Crippen molar-refractivity contribution in [3.05, 3.63) is 46.1 Å². The average Bonchev–Trinajstić information content (AvgIpc) is 2.77. The molecular formula is C14H17NO4S. The molecule has 5 nitrogen and oxygen atoms in total. The lowest BCUT2D eigenvalue weighted by Gasteiger charge is -2.20. The predicted octanol–water partition coefficient (Wildman–Crippen LogP) is 2.46. The van der Waals surface area contributed by atoms with Gasteiger partial charge in [-0.3, -0.25) is 4.98 Å². The Kier molecular flexibility index (Phi) is 4.13. The lowest BCUT2D eigenvalue weighted by molar-refractivity contribution is 0.381. The quantitative estimate of drug-likeness (QED) is 0.741. The van der Waals surface area contributed by atoms with E-state index in [0.717, 1.165) is 17.7 Å². The summed E-state index contributed by atoms with van der Waals surface area (Å²) in [5.74, 6) is 0.0282. The number of oxazole rings is 1. The van der Waals surface area contributed by atoms with Gasteiger partial charge in [0.05, 0.1) is 11.9 Å². The molecule has 1 heterocycles. The van der Waals surface area contributed by atoms with E-state index in [1.165, 1.54) is 0 Å². The van der Waals surface area contributed by atoms with Crippen LogP contribution >= 0.6 is 12.6 Å². The molecule has 0 aliphatic rings. The molecule has 0 saturated carbocycles. The van der Waals surface area contributed by atoms with Crippen LogP contribution in [0.1, 0.15) is 24.7 Å². The molecule has 0 fully saturated rings. The van der Waals surface area contributed by atoms with Gasteiger partial charge < -0.3 is 14.3 Å². The van der Waals surface area contributed by atoms with Gasteiger partial charge in [0, 0.05) is 0 Å². The summed E-state index contributed by atoms with van der Waals surface area (Å²) in [4.78, 5) is 13.3. The van der Waals surface area contributed by atoms with E-state index in [4.69, 9.17) is 9.15 Å². The van der Waals surface area contributed by atoms with Crippen LogP contribution in [0.4, 0.5) is 0 Å². The van der Waals surface area contributed by atoms with Crippen LogP contribution in [0, 0.1) is 0 Å². The summed E-state index contributed by atoms with van der Waals surface area (Å²) in [6.07, 6.45) is 1.34. The van der Waals surface area contributed by atoms with Crippen molar-refractivity contribution in [2.45, 2.75) is 24.5 Å². The SMILES string of the molecule is COc1ccc(CCC(C)(S)c2oc(=O)[nH]c2O)cc1. The Bertz CT molecular complexity index is 627. The van der Waals surface area contributed by atoms with E-state index < -0.39 is 10.5 Å². The van der Waals surface area contributed by atoms with Gasteiger partial charge in [-0.05, 0) is 37.5 Å². The topological polar surface area (TPSA) is 75.5 Å². The van der Waals surface area contributed by atoms with Gasteiger partial charge in [0.15, 0.2) is 5.76 Å². The molecule has 0 bridgehead atoms. The van der Waals surface area contributed by atoms with E-state index >= 15 is 0 Å². The zero-order valence-electron chi connectivity index (χ0n) is 11.3. The van der Waals surface area contributed by atoms with Crippen LogP contribution in [0.2, 0.25) is 0 Å². The molecule has 0 saturated heterocycles. The number of aromatic amines is 1. The number of H-pyrrole nitrogens is 1. The maximum atomic E-state index is 11.1. The molecule has 108 valence electrons. The van der Waals surface area contributed by atoms with E-state index in [-0.39, 0.29) is 11.6 Å². The fourth-order valence-corrected chi connectivity index (χ4v) is 2.24. The van der Waals surface area contributed by atoms with Crippen LogP contribution in [0.5, 0.6) is 11.6 Å². The number of hydrogen-bond acceptors (Lipinski definition) is 5. The molecule has 20 heavy (non-hydrogen) atoms. The van der Waals surface area contributed by atoms with Gasteiger partial charge in [-0.25, -0.2) is 4.79 Å². The number of aryl methyl sites for hydroxylation is 1. The Hall–Kier alpha value is -1.82. The monoisotopic (exact) mass is 295 g/mol. The molecule has 0 radical (unpaired) electrons. The fourth-order valence-electron chi connectivity index (χ4n) is 1.98. The van der Waals surface area contributed by atoms with Gasteiger partial charge in [0.2, 0.25) is 5.88 Å². The molecule has 1 aromatic carbocycles. The lowest BCUT2D eigenvalue weighted by Crippen LogP contribution is -2.15. The van der Waals surface area contributed by atoms with Crippen molar-refractivity contribution >= 4 is 12.6 Å². The maximum Gasteiger partial charge on any atom is 0.419 e. The third kappa shape index (κ3) is 3.19. The Morgan fingerprint density at radius 2 is 2.05 bits per heavy atom. The van der Waals surface area contributed by atoms with Crippen LogP contribution in [-0.2, 0) is 11.2 Å². The molecule has 2 rings (SSSR count). The van der Waals surface area contributed by atoms with Crippen LogP contribution in [0.25, 0.3) is 0 Å². The molecular weight excluding hydrogens is 278 g/mol. The molecule has 0 spiro atoms. The highest BCUT2D eigenvalue weighted by Gasteiger charge is 2.30. The first-order valence-electron chi connectivity index (χ1n) is 6.20. The first kappa shape index (κ1) is 14.6. The minimum Gasteiger partial charge on any atom is -0.497 e. The summed E-state index contributed by atoms with van der Waals surface area (Å²) < 4.78 is 9.31. The van der Waals surface area contributed by atoms with Crippen molar-refractivity contribution in [1.82, 2.24) is 4.98 Å². The standard InChI is InChI=1S/C14H17NO4S/c1-14(20,11-12(16)15-13(17)19-11)8-7-9-3-5-10(18-2)6-4-9/h3-6,16,20H,7-8H2,1-2H3,(H,15,17). The van der Waals surface area contributed by atoms with Crippen molar-refractivity contribution in [2.24, 2.45) is 0 Å². The number of nitrogens with one attached hydrogen (secondary N) is 1. The molecule has 2 aromatic rings. The summed E-state index contributed by atoms with van der Waals surface area (Å²) in [7, 11) is 1.62. The Balaban J connectivity index is 2.08. The van der Waals surface area contributed by atoms with Crippen molar-refractivity contribution in [3.8, 4) is 11.6 Å². The summed E-state index contributed by atoms with van der Waals surface area (Å²) in [6.45, 7) is 1.80. The van der Waals surface area contributed by atoms with Crippen molar-refractivity contribution in [1.29, 1.82) is 0 Å². The molecule has 1 unspecified atom stereocenters. The van der Waals surface area contributed by atoms with E-state index in [9.17, 15) is 9.90 Å². The van der Waals surface area contributed by atoms with Gasteiger partial charge >= 0.3 is 5.76 Å². The number of thiol groups is 1. The van der Waals surface area contributed by atoms with Crippen molar-refractivity contribution in [2.75, 3.05) is 7.11 Å². The molecule has 0 aliphatic carbocycles. The number of benzene rings is 1. The van der Waals surface area contributed by atoms with Crippen LogP contribution < -0.4 is 10.5 Å². The number of rotatable bonds is 5. The highest BCUT2D eigenvalue weighted by atomic mass is 32.1. The number of methoxy groups -OCH3 is 1. The second-order valence-electron chi connectivity index (χ2n) is 4.81. The van der Waals surface area contributed by atoms with Gasteiger partial charge in [0.25, 0.3) is 0 Å². The van der Waals surface area contributed by atoms with Gasteiger partial charge in [-0.2, -0.15) is 12.6 Å². The van der Waals surface area contributed by atoms with E-state index in [1.54, 1.807) is 14.0 Å². The van der Waals surface area contributed by atoms with Crippen LogP contribution in [0.3, 0.4) is 0 Å². The number of aromatic hydroxyl groups is 1. The third-order valence-electron chi connectivity index (χ3n) is 3.18. The van der Waals surface area contributed by atoms with Crippen LogP contribution in [0.15, 0.2) is 33.5 Å². The third-order valence-corrected chi connectivity index (χ3v) is 3.61. The average molecular weight is 295 g/mol. The highest BCUT2D eigenvalue weighted by molar-refractivity contribution is 7.81. The smallest absolute Gasteiger partial charge is 0.419 e. The summed E-state index contributed by atoms with van der Waals surface area (Å²) >= 11 is 4.49. The zero-order chi connectivity index (χ0) is 14.8. The van der Waals surface area contributed by atoms with Crippen molar-refractivity contribution in [3.63, 3.8) is 0 Å². The van der Waals surface area contributed by atoms with E-state index in [1.807, 2.05) is 24.3 Å². The first-order valence-corrected chi connectivity index (χ1v) is 6.65. The largest absolute Gasteiger partial charge is 0.497 e. The van der Waals surface area contributed by atoms with Gasteiger partial charge in [-0.1, -0.05) is 12.1 Å². The Labute approximate surface area is 122 Å². The second-order valence-corrected chi connectivity index (χ2v) is 5.80. The molecule has 0 amide bonds. The minimum absolute atomic E-state index is 0.166. The fraction of sp³-hybridized carbons (Fsp3) is 0.357. The number of ether oxygens (including phenoxy) is 1. The first-order chi connectivity index (χ1) is 9.42. The van der Waals surface area contributed by atoms with Gasteiger partial charge in [0.1, 0.15) is 5.75 Å². The molecule has 0 aliphatic heterocycles. The van der Waals surface area contributed by atoms with E-state index in [0.29, 0.717) is 6.42 Å². The van der Waals surface area contributed by atoms with Crippen LogP contribution in [-0.4, -0.2) is 17.2 Å². The molecule has 1 aromatic heterocycles. The maximum absolute atomic E-state index is 11.1. The van der Waals surface area contributed by atoms with Crippen molar-refractivity contribution < 1.29 is 14.3 Å². The summed E-state index contributed by atoms with van der Waals surface area (Å²) in [5.41, 5.74) is 1.11. The Morgan fingerprint density at radius 1 is 1.40 bits per heavy atom. The summed E-state index contributed by atoms with van der Waals surface area (Å²) in [5, 5.41) is 9.62. The summed E-state index contributed by atoms with van der Waals surface area (Å²) in [6, 6.07) is 7.71. The lowest BCUT2D eigenvalue weighted by atomic mass is 9.98.